The first-order valence-corrected chi connectivity index (χ1v) is 6.57. The molecule has 0 spiro atoms. The molecule has 2 aromatic rings. The van der Waals surface area contributed by atoms with E-state index in [1.165, 1.54) is 0 Å². The SMILES string of the molecule is CO/N=C(/C)c1ccccc1COc1ccccc1C. The molecular formula is C17H19NO2. The summed E-state index contributed by atoms with van der Waals surface area (Å²) in [5, 5.41) is 3.99. The molecule has 0 heterocycles. The highest BCUT2D eigenvalue weighted by atomic mass is 16.6. The fourth-order valence-corrected chi connectivity index (χ4v) is 2.06. The zero-order valence-corrected chi connectivity index (χ0v) is 12.1. The summed E-state index contributed by atoms with van der Waals surface area (Å²) in [5.41, 5.74) is 4.11. The van der Waals surface area contributed by atoms with E-state index in [-0.39, 0.29) is 0 Å². The van der Waals surface area contributed by atoms with E-state index in [1.807, 2.05) is 62.4 Å². The van der Waals surface area contributed by atoms with Crippen molar-refractivity contribution in [3.05, 3.63) is 65.2 Å². The second-order valence-corrected chi connectivity index (χ2v) is 4.57. The quantitative estimate of drug-likeness (QED) is 0.608. The number of hydrogen-bond acceptors (Lipinski definition) is 3. The molecule has 0 radical (unpaired) electrons. The molecule has 0 bridgehead atoms. The van der Waals surface area contributed by atoms with Crippen LogP contribution in [0.1, 0.15) is 23.6 Å². The highest BCUT2D eigenvalue weighted by Crippen LogP contribution is 2.19. The molecule has 0 fully saturated rings. The Morgan fingerprint density at radius 2 is 1.75 bits per heavy atom. The van der Waals surface area contributed by atoms with Gasteiger partial charge in [-0.25, -0.2) is 0 Å². The smallest absolute Gasteiger partial charge is 0.122 e. The van der Waals surface area contributed by atoms with Gasteiger partial charge < -0.3 is 9.57 Å². The average Bonchev–Trinajstić information content (AvgIpc) is 2.47. The molecule has 0 aromatic heterocycles. The Balaban J connectivity index is 2.18. The minimum Gasteiger partial charge on any atom is -0.489 e. The van der Waals surface area contributed by atoms with Gasteiger partial charge in [0, 0.05) is 5.56 Å². The summed E-state index contributed by atoms with van der Waals surface area (Å²) in [6, 6.07) is 16.1. The number of aryl methyl sites for hydroxylation is 1. The van der Waals surface area contributed by atoms with Crippen molar-refractivity contribution in [1.82, 2.24) is 0 Å². The Kier molecular flexibility index (Phi) is 4.77. The minimum absolute atomic E-state index is 0.512. The molecule has 2 aromatic carbocycles. The Morgan fingerprint density at radius 3 is 2.50 bits per heavy atom. The number of hydrogen-bond donors (Lipinski definition) is 0. The summed E-state index contributed by atoms with van der Waals surface area (Å²) >= 11 is 0. The lowest BCUT2D eigenvalue weighted by molar-refractivity contribution is 0.213. The van der Waals surface area contributed by atoms with Crippen molar-refractivity contribution >= 4 is 5.71 Å². The van der Waals surface area contributed by atoms with Gasteiger partial charge in [-0.3, -0.25) is 0 Å². The van der Waals surface area contributed by atoms with Crippen molar-refractivity contribution in [2.75, 3.05) is 7.11 Å². The van der Waals surface area contributed by atoms with E-state index in [4.69, 9.17) is 9.57 Å². The van der Waals surface area contributed by atoms with Gasteiger partial charge >= 0.3 is 0 Å². The number of para-hydroxylation sites is 1. The van der Waals surface area contributed by atoms with Crippen LogP contribution in [0, 0.1) is 6.92 Å². The Morgan fingerprint density at radius 1 is 1.05 bits per heavy atom. The van der Waals surface area contributed by atoms with Crippen molar-refractivity contribution in [1.29, 1.82) is 0 Å². The molecule has 3 heteroatoms. The molecule has 0 amide bonds. The highest BCUT2D eigenvalue weighted by molar-refractivity contribution is 5.99. The summed E-state index contributed by atoms with van der Waals surface area (Å²) in [6.07, 6.45) is 0. The molecule has 0 N–H and O–H groups in total. The molecule has 0 aliphatic rings. The molecule has 0 unspecified atom stereocenters. The van der Waals surface area contributed by atoms with Crippen molar-refractivity contribution in [2.24, 2.45) is 5.16 Å². The van der Waals surface area contributed by atoms with E-state index in [2.05, 4.69) is 5.16 Å². The van der Waals surface area contributed by atoms with Crippen LogP contribution in [0.15, 0.2) is 53.7 Å². The molecule has 2 rings (SSSR count). The normalized spacial score (nSPS) is 11.2. The van der Waals surface area contributed by atoms with Gasteiger partial charge in [-0.2, -0.15) is 0 Å². The second-order valence-electron chi connectivity index (χ2n) is 4.57. The summed E-state index contributed by atoms with van der Waals surface area (Å²) in [5.74, 6) is 0.906. The summed E-state index contributed by atoms with van der Waals surface area (Å²) in [7, 11) is 1.55. The number of rotatable bonds is 5. The van der Waals surface area contributed by atoms with Gasteiger partial charge in [0.05, 0.1) is 5.71 Å². The van der Waals surface area contributed by atoms with Gasteiger partial charge in [-0.1, -0.05) is 47.6 Å². The molecule has 0 aliphatic carbocycles. The number of nitrogens with zero attached hydrogens (tertiary/aromatic N) is 1. The van der Waals surface area contributed by atoms with Crippen LogP contribution in [-0.4, -0.2) is 12.8 Å². The maximum absolute atomic E-state index is 5.90. The third-order valence-corrected chi connectivity index (χ3v) is 3.11. The summed E-state index contributed by atoms with van der Waals surface area (Å²) in [6.45, 7) is 4.48. The third kappa shape index (κ3) is 3.38. The third-order valence-electron chi connectivity index (χ3n) is 3.11. The number of ether oxygens (including phenoxy) is 1. The zero-order chi connectivity index (χ0) is 14.4. The summed E-state index contributed by atoms with van der Waals surface area (Å²) in [4.78, 5) is 4.84. The van der Waals surface area contributed by atoms with Crippen LogP contribution in [0.3, 0.4) is 0 Å². The van der Waals surface area contributed by atoms with E-state index < -0.39 is 0 Å². The predicted octanol–water partition coefficient (Wildman–Crippen LogP) is 3.94. The van der Waals surface area contributed by atoms with Crippen LogP contribution in [0.5, 0.6) is 5.75 Å². The first kappa shape index (κ1) is 14.1. The fraction of sp³-hybridized carbons (Fsp3) is 0.235. The maximum Gasteiger partial charge on any atom is 0.122 e. The Bertz CT molecular complexity index is 605. The van der Waals surface area contributed by atoms with Crippen molar-refractivity contribution < 1.29 is 9.57 Å². The summed E-state index contributed by atoms with van der Waals surface area (Å²) < 4.78 is 5.90. The molecule has 0 aliphatic heterocycles. The van der Waals surface area contributed by atoms with Gasteiger partial charge in [0.2, 0.25) is 0 Å². The second kappa shape index (κ2) is 6.75. The van der Waals surface area contributed by atoms with E-state index >= 15 is 0 Å². The minimum atomic E-state index is 0.512. The standard InChI is InChI=1S/C17H19NO2/c1-13-8-4-7-11-17(13)20-12-15-9-5-6-10-16(15)14(2)18-19-3/h4-11H,12H2,1-3H3/b18-14-. The molecule has 3 nitrogen and oxygen atoms in total. The van der Waals surface area contributed by atoms with Crippen molar-refractivity contribution in [3.8, 4) is 5.75 Å². The molecule has 20 heavy (non-hydrogen) atoms. The molecule has 0 saturated carbocycles. The van der Waals surface area contributed by atoms with Crippen LogP contribution in [0.4, 0.5) is 0 Å². The molecular weight excluding hydrogens is 250 g/mol. The van der Waals surface area contributed by atoms with Gasteiger partial charge in [0.25, 0.3) is 0 Å². The lowest BCUT2D eigenvalue weighted by Crippen LogP contribution is -2.05. The van der Waals surface area contributed by atoms with Gasteiger partial charge in [0.1, 0.15) is 19.5 Å². The van der Waals surface area contributed by atoms with E-state index in [0.717, 1.165) is 28.2 Å². The molecule has 0 atom stereocenters. The first-order chi connectivity index (χ1) is 9.72. The fourth-order valence-electron chi connectivity index (χ4n) is 2.06. The van der Waals surface area contributed by atoms with Crippen LogP contribution in [0.2, 0.25) is 0 Å². The van der Waals surface area contributed by atoms with Crippen molar-refractivity contribution in [3.63, 3.8) is 0 Å². The maximum atomic E-state index is 5.90. The van der Waals surface area contributed by atoms with E-state index in [1.54, 1.807) is 7.11 Å². The zero-order valence-electron chi connectivity index (χ0n) is 12.1. The topological polar surface area (TPSA) is 30.8 Å². The monoisotopic (exact) mass is 269 g/mol. The van der Waals surface area contributed by atoms with Crippen LogP contribution in [-0.2, 0) is 11.4 Å². The van der Waals surface area contributed by atoms with Gasteiger partial charge in [0.15, 0.2) is 0 Å². The highest BCUT2D eigenvalue weighted by Gasteiger charge is 2.07. The first-order valence-electron chi connectivity index (χ1n) is 6.57. The lowest BCUT2D eigenvalue weighted by Gasteiger charge is -2.12. The van der Waals surface area contributed by atoms with Crippen molar-refractivity contribution in [2.45, 2.75) is 20.5 Å². The number of oxime groups is 1. The van der Waals surface area contributed by atoms with Gasteiger partial charge in [-0.05, 0) is 31.0 Å². The Hall–Kier alpha value is -2.29. The number of benzene rings is 2. The lowest BCUT2D eigenvalue weighted by atomic mass is 10.0. The van der Waals surface area contributed by atoms with Crippen LogP contribution in [0.25, 0.3) is 0 Å². The van der Waals surface area contributed by atoms with Gasteiger partial charge in [-0.15, -0.1) is 0 Å². The largest absolute Gasteiger partial charge is 0.489 e. The Labute approximate surface area is 119 Å². The van der Waals surface area contributed by atoms with E-state index in [9.17, 15) is 0 Å². The molecule has 104 valence electrons. The molecule has 0 saturated heterocycles. The van der Waals surface area contributed by atoms with E-state index in [0.29, 0.717) is 6.61 Å². The predicted molar refractivity (Wildman–Crippen MR) is 81.2 cm³/mol. The average molecular weight is 269 g/mol. The van der Waals surface area contributed by atoms with Crippen LogP contribution >= 0.6 is 0 Å². The van der Waals surface area contributed by atoms with Crippen LogP contribution < -0.4 is 4.74 Å².